The number of alkyl halides is 2. The van der Waals surface area contributed by atoms with Gasteiger partial charge in [0, 0.05) is 6.54 Å². The van der Waals surface area contributed by atoms with Crippen molar-refractivity contribution in [2.75, 3.05) is 6.54 Å². The normalized spacial score (nSPS) is 12.4. The fourth-order valence-corrected chi connectivity index (χ4v) is 0.669. The molecule has 0 heterocycles. The van der Waals surface area contributed by atoms with Crippen LogP contribution in [0.5, 0.6) is 0 Å². The molecule has 0 spiro atoms. The van der Waals surface area contributed by atoms with Gasteiger partial charge < -0.3 is 10.6 Å². The quantitative estimate of drug-likeness (QED) is 0.656. The number of hydrogen-bond donors (Lipinski definition) is 2. The smallest absolute Gasteiger partial charge is 0.315 e. The predicted molar refractivity (Wildman–Crippen MR) is 42.3 cm³/mol. The van der Waals surface area contributed by atoms with Gasteiger partial charge in [-0.2, -0.15) is 8.78 Å². The first-order valence-electron chi connectivity index (χ1n) is 3.85. The molecule has 0 rings (SSSR count). The van der Waals surface area contributed by atoms with Crippen LogP contribution in [-0.2, 0) is 9.59 Å². The van der Waals surface area contributed by atoms with Gasteiger partial charge in [0.25, 0.3) is 5.91 Å². The highest BCUT2D eigenvalue weighted by atomic mass is 19.3. The highest BCUT2D eigenvalue weighted by Crippen LogP contribution is 1.92. The standard InChI is InChI=1S/C7H12F2N2O2/c1-3-10-6(12)4(2)11-7(13)5(8)9/h4-5H,3H2,1-2H3,(H,10,12)(H,11,13). The SMILES string of the molecule is CCNC(=O)C(C)NC(=O)C(F)F. The number of hydrogen-bond acceptors (Lipinski definition) is 2. The Balaban J connectivity index is 3.92. The molecule has 0 aromatic carbocycles. The Hall–Kier alpha value is -1.20. The number of halogens is 2. The van der Waals surface area contributed by atoms with Crippen molar-refractivity contribution >= 4 is 11.8 Å². The van der Waals surface area contributed by atoms with Crippen molar-refractivity contribution in [3.05, 3.63) is 0 Å². The maximum Gasteiger partial charge on any atom is 0.315 e. The first kappa shape index (κ1) is 11.8. The van der Waals surface area contributed by atoms with Crippen LogP contribution in [0.15, 0.2) is 0 Å². The minimum atomic E-state index is -3.09. The molecule has 0 aliphatic rings. The summed E-state index contributed by atoms with van der Waals surface area (Å²) < 4.78 is 23.4. The maximum atomic E-state index is 11.7. The van der Waals surface area contributed by atoms with Crippen LogP contribution >= 0.6 is 0 Å². The zero-order chi connectivity index (χ0) is 10.4. The van der Waals surface area contributed by atoms with Crippen molar-refractivity contribution in [3.63, 3.8) is 0 Å². The van der Waals surface area contributed by atoms with Crippen LogP contribution in [0.25, 0.3) is 0 Å². The van der Waals surface area contributed by atoms with Crippen molar-refractivity contribution in [1.82, 2.24) is 10.6 Å². The minimum absolute atomic E-state index is 0.397. The molecule has 2 N–H and O–H groups in total. The lowest BCUT2D eigenvalue weighted by Gasteiger charge is -2.12. The average Bonchev–Trinajstić information content (AvgIpc) is 2.04. The van der Waals surface area contributed by atoms with Gasteiger partial charge >= 0.3 is 6.43 Å². The molecule has 0 fully saturated rings. The molecule has 13 heavy (non-hydrogen) atoms. The first-order valence-corrected chi connectivity index (χ1v) is 3.85. The second-order valence-corrected chi connectivity index (χ2v) is 2.43. The lowest BCUT2D eigenvalue weighted by Crippen LogP contribution is -2.46. The molecule has 1 atom stereocenters. The fraction of sp³-hybridized carbons (Fsp3) is 0.714. The Morgan fingerprint density at radius 3 is 2.23 bits per heavy atom. The summed E-state index contributed by atoms with van der Waals surface area (Å²) in [4.78, 5) is 21.4. The van der Waals surface area contributed by atoms with E-state index in [1.54, 1.807) is 6.92 Å². The third kappa shape index (κ3) is 4.39. The van der Waals surface area contributed by atoms with Crippen molar-refractivity contribution in [2.24, 2.45) is 0 Å². The van der Waals surface area contributed by atoms with E-state index in [1.165, 1.54) is 6.92 Å². The molecule has 0 aromatic rings. The number of carbonyl (C=O) groups excluding carboxylic acids is 2. The van der Waals surface area contributed by atoms with Crippen LogP contribution in [0.1, 0.15) is 13.8 Å². The topological polar surface area (TPSA) is 58.2 Å². The van der Waals surface area contributed by atoms with Crippen molar-refractivity contribution < 1.29 is 18.4 Å². The van der Waals surface area contributed by atoms with Gasteiger partial charge in [-0.25, -0.2) is 0 Å². The van der Waals surface area contributed by atoms with Gasteiger partial charge in [-0.05, 0) is 13.8 Å². The Kier molecular flexibility index (Phi) is 4.94. The molecule has 0 radical (unpaired) electrons. The van der Waals surface area contributed by atoms with Gasteiger partial charge in [0.2, 0.25) is 5.91 Å². The van der Waals surface area contributed by atoms with E-state index in [9.17, 15) is 18.4 Å². The Labute approximate surface area is 74.7 Å². The molecular weight excluding hydrogens is 182 g/mol. The lowest BCUT2D eigenvalue weighted by molar-refractivity contribution is -0.135. The zero-order valence-corrected chi connectivity index (χ0v) is 7.43. The number of nitrogens with one attached hydrogen (secondary N) is 2. The summed E-state index contributed by atoms with van der Waals surface area (Å²) >= 11 is 0. The number of likely N-dealkylation sites (N-methyl/N-ethyl adjacent to an activating group) is 1. The number of carbonyl (C=O) groups is 2. The largest absolute Gasteiger partial charge is 0.355 e. The van der Waals surface area contributed by atoms with Crippen molar-refractivity contribution in [3.8, 4) is 0 Å². The van der Waals surface area contributed by atoms with Crippen LogP contribution < -0.4 is 10.6 Å². The third-order valence-electron chi connectivity index (χ3n) is 1.30. The summed E-state index contributed by atoms with van der Waals surface area (Å²) in [6, 6.07) is -0.929. The molecule has 6 heteroatoms. The Bertz CT molecular complexity index is 197. The first-order chi connectivity index (χ1) is 5.99. The van der Waals surface area contributed by atoms with E-state index in [4.69, 9.17) is 0 Å². The van der Waals surface area contributed by atoms with Gasteiger partial charge in [-0.3, -0.25) is 9.59 Å². The summed E-state index contributed by atoms with van der Waals surface area (Å²) in [5, 5.41) is 4.25. The van der Waals surface area contributed by atoms with E-state index in [0.29, 0.717) is 6.54 Å². The third-order valence-corrected chi connectivity index (χ3v) is 1.30. The van der Waals surface area contributed by atoms with E-state index < -0.39 is 24.3 Å². The second kappa shape index (κ2) is 5.45. The highest BCUT2D eigenvalue weighted by Gasteiger charge is 2.20. The van der Waals surface area contributed by atoms with Crippen LogP contribution in [0.2, 0.25) is 0 Å². The monoisotopic (exact) mass is 194 g/mol. The van der Waals surface area contributed by atoms with Gasteiger partial charge in [0.05, 0.1) is 0 Å². The summed E-state index contributed by atoms with van der Waals surface area (Å²) in [6.07, 6.45) is -3.09. The molecule has 76 valence electrons. The van der Waals surface area contributed by atoms with E-state index in [2.05, 4.69) is 5.32 Å². The lowest BCUT2D eigenvalue weighted by atomic mass is 10.3. The van der Waals surface area contributed by atoms with Gasteiger partial charge in [-0.1, -0.05) is 0 Å². The Morgan fingerprint density at radius 1 is 1.31 bits per heavy atom. The van der Waals surface area contributed by atoms with Crippen molar-refractivity contribution in [2.45, 2.75) is 26.3 Å². The maximum absolute atomic E-state index is 11.7. The van der Waals surface area contributed by atoms with Gasteiger partial charge in [0.15, 0.2) is 0 Å². The summed E-state index contributed by atoms with van der Waals surface area (Å²) in [6.45, 7) is 3.43. The van der Waals surface area contributed by atoms with E-state index in [1.807, 2.05) is 5.32 Å². The molecule has 0 aliphatic carbocycles. The van der Waals surface area contributed by atoms with Crippen molar-refractivity contribution in [1.29, 1.82) is 0 Å². The fourth-order valence-electron chi connectivity index (χ4n) is 0.669. The number of amides is 2. The number of rotatable bonds is 4. The molecule has 0 bridgehead atoms. The molecule has 0 aliphatic heterocycles. The van der Waals surface area contributed by atoms with E-state index in [0.717, 1.165) is 0 Å². The molecule has 2 amide bonds. The molecule has 0 saturated heterocycles. The van der Waals surface area contributed by atoms with E-state index in [-0.39, 0.29) is 0 Å². The average molecular weight is 194 g/mol. The molecular formula is C7H12F2N2O2. The second-order valence-electron chi connectivity index (χ2n) is 2.43. The summed E-state index contributed by atoms with van der Waals surface area (Å²) in [5.41, 5.74) is 0. The molecule has 4 nitrogen and oxygen atoms in total. The van der Waals surface area contributed by atoms with E-state index >= 15 is 0 Å². The van der Waals surface area contributed by atoms with Crippen LogP contribution in [0.4, 0.5) is 8.78 Å². The minimum Gasteiger partial charge on any atom is -0.355 e. The zero-order valence-electron chi connectivity index (χ0n) is 7.43. The highest BCUT2D eigenvalue weighted by molar-refractivity contribution is 5.88. The Morgan fingerprint density at radius 2 is 1.85 bits per heavy atom. The molecule has 1 unspecified atom stereocenters. The summed E-state index contributed by atoms with van der Waals surface area (Å²) in [5.74, 6) is -1.91. The van der Waals surface area contributed by atoms with Crippen LogP contribution in [0.3, 0.4) is 0 Å². The van der Waals surface area contributed by atoms with Gasteiger partial charge in [0.1, 0.15) is 6.04 Å². The van der Waals surface area contributed by atoms with Crippen LogP contribution in [-0.4, -0.2) is 30.8 Å². The molecule has 0 saturated carbocycles. The van der Waals surface area contributed by atoms with Gasteiger partial charge in [-0.15, -0.1) is 0 Å². The predicted octanol–water partition coefficient (Wildman–Crippen LogP) is -0.108. The van der Waals surface area contributed by atoms with Crippen LogP contribution in [0, 0.1) is 0 Å². The summed E-state index contributed by atoms with van der Waals surface area (Å²) in [7, 11) is 0. The molecule has 0 aromatic heterocycles.